The zero-order valence-corrected chi connectivity index (χ0v) is 42.6. The van der Waals surface area contributed by atoms with E-state index in [-0.39, 0.29) is 56.6 Å². The van der Waals surface area contributed by atoms with Crippen LogP contribution in [-0.2, 0) is 28.7 Å². The summed E-state index contributed by atoms with van der Waals surface area (Å²) < 4.78 is 13.8. The van der Waals surface area contributed by atoms with Gasteiger partial charge in [-0.25, -0.2) is 4.98 Å². The fraction of sp³-hybridized carbons (Fsp3) is 0.480. The number of aliphatic imine (C=N–C) groups is 1. The molecule has 5 atom stereocenters. The van der Waals surface area contributed by atoms with E-state index in [1.807, 2.05) is 100 Å². The van der Waals surface area contributed by atoms with Crippen molar-refractivity contribution in [2.24, 2.45) is 10.4 Å². The number of amides is 4. The summed E-state index contributed by atoms with van der Waals surface area (Å²) in [6, 6.07) is 12.7. The lowest BCUT2D eigenvalue weighted by Crippen LogP contribution is -2.58. The number of aliphatic hydroxyl groups is 1. The fourth-order valence-electron chi connectivity index (χ4n) is 8.97. The first-order chi connectivity index (χ1) is 32.9. The number of thiophene rings is 1. The second kappa shape index (κ2) is 20.9. The molecule has 69 heavy (non-hydrogen) atoms. The average molecular weight is 999 g/mol. The van der Waals surface area contributed by atoms with Crippen molar-refractivity contribution in [3.63, 3.8) is 0 Å². The van der Waals surface area contributed by atoms with Gasteiger partial charge in [-0.05, 0) is 75.3 Å². The van der Waals surface area contributed by atoms with Gasteiger partial charge in [0.1, 0.15) is 35.6 Å². The normalized spacial score (nSPS) is 19.0. The summed E-state index contributed by atoms with van der Waals surface area (Å²) in [5.74, 6) is -0.00121. The lowest BCUT2D eigenvalue weighted by atomic mass is 9.85. The Bertz CT molecular complexity index is 2720. The standard InChI is InChI=1S/C50H60ClN9O7S2/c1-27-30(4)69-49-42(27)43(33-14-16-35(51)17-15-33)54-38(46-57-56-31(5)60(46)49)21-41(63)58-23-37(24-58)67-19-9-18-66-25-40(62)55-45(50(6,7)8)48(65)59-22-36(61)20-39(59)47(64)53-28(2)32-10-12-34(13-11-32)44-29(3)52-26-68-44/h10-17,26,28,36-39,45,61H,9,18-25H2,1-8H3,(H,53,64)(H,55,62)/t28-,36+,38-,39-,45+/m0/s1. The molecule has 8 rings (SSSR count). The molecular weight excluding hydrogens is 938 g/mol. The van der Waals surface area contributed by atoms with Crippen LogP contribution in [-0.4, -0.2) is 128 Å². The third-order valence-corrected chi connectivity index (χ3v) is 15.4. The van der Waals surface area contributed by atoms with Gasteiger partial charge in [0.25, 0.3) is 0 Å². The SMILES string of the molecule is Cc1ncsc1-c1ccc([C@H](C)NC(=O)[C@@H]2C[C@@H](O)CN2C(=O)[C@@H](NC(=O)COCCCOC2CN(C(=O)C[C@@H]3N=C(c4ccc(Cl)cc4)c4c(sc(C)c4C)-n4c(C)nnc43)C2)C(C)(C)C)cc1. The summed E-state index contributed by atoms with van der Waals surface area (Å²) in [5, 5.41) is 27.1. The van der Waals surface area contributed by atoms with Crippen molar-refractivity contribution >= 4 is 63.6 Å². The number of aliphatic hydroxyl groups excluding tert-OH is 1. The second-order valence-corrected chi connectivity index (χ2v) is 21.7. The van der Waals surface area contributed by atoms with Crippen LogP contribution in [0.4, 0.5) is 0 Å². The summed E-state index contributed by atoms with van der Waals surface area (Å²) >= 11 is 9.49. The monoisotopic (exact) mass is 997 g/mol. The van der Waals surface area contributed by atoms with Gasteiger partial charge in [-0.15, -0.1) is 32.9 Å². The van der Waals surface area contributed by atoms with Crippen molar-refractivity contribution in [3.05, 3.63) is 104 Å². The summed E-state index contributed by atoms with van der Waals surface area (Å²) in [4.78, 5) is 69.7. The Morgan fingerprint density at radius 2 is 1.65 bits per heavy atom. The van der Waals surface area contributed by atoms with Crippen LogP contribution in [0.3, 0.4) is 0 Å². The smallest absolute Gasteiger partial charge is 0.246 e. The second-order valence-electron chi connectivity index (χ2n) is 19.2. The van der Waals surface area contributed by atoms with E-state index < -0.39 is 41.5 Å². The molecule has 5 aromatic rings. The molecule has 0 spiro atoms. The minimum absolute atomic E-state index is 0.0270. The zero-order chi connectivity index (χ0) is 49.3. The molecule has 0 saturated carbocycles. The molecule has 19 heteroatoms. The van der Waals surface area contributed by atoms with Crippen LogP contribution in [0, 0.1) is 33.1 Å². The van der Waals surface area contributed by atoms with E-state index in [1.165, 1.54) is 9.78 Å². The minimum Gasteiger partial charge on any atom is -0.391 e. The molecular formula is C50H60ClN9O7S2. The largest absolute Gasteiger partial charge is 0.391 e. The van der Waals surface area contributed by atoms with E-state index >= 15 is 0 Å². The van der Waals surface area contributed by atoms with Crippen LogP contribution in [0.25, 0.3) is 15.4 Å². The number of hydrogen-bond acceptors (Lipinski definition) is 13. The molecule has 0 bridgehead atoms. The molecule has 366 valence electrons. The number of nitrogens with one attached hydrogen (secondary N) is 2. The lowest BCUT2D eigenvalue weighted by molar-refractivity contribution is -0.146. The molecule has 2 aromatic carbocycles. The van der Waals surface area contributed by atoms with Crippen molar-refractivity contribution in [3.8, 4) is 15.4 Å². The minimum atomic E-state index is -0.980. The summed E-state index contributed by atoms with van der Waals surface area (Å²) in [5.41, 5.74) is 7.83. The molecule has 3 aliphatic heterocycles. The Hall–Kier alpha value is -5.37. The van der Waals surface area contributed by atoms with Gasteiger partial charge in [0.2, 0.25) is 23.6 Å². The summed E-state index contributed by atoms with van der Waals surface area (Å²) in [6.07, 6.45) is -0.307. The van der Waals surface area contributed by atoms with Gasteiger partial charge in [-0.3, -0.25) is 28.7 Å². The van der Waals surface area contributed by atoms with Crippen LogP contribution >= 0.6 is 34.3 Å². The lowest BCUT2D eigenvalue weighted by Gasteiger charge is -2.39. The first-order valence-corrected chi connectivity index (χ1v) is 25.4. The Morgan fingerprint density at radius 3 is 2.33 bits per heavy atom. The highest BCUT2D eigenvalue weighted by Crippen LogP contribution is 2.40. The third-order valence-electron chi connectivity index (χ3n) is 13.0. The van der Waals surface area contributed by atoms with Crippen molar-refractivity contribution in [2.45, 2.75) is 111 Å². The molecule has 6 heterocycles. The number of aromatic nitrogens is 4. The Labute approximate surface area is 415 Å². The van der Waals surface area contributed by atoms with Gasteiger partial charge in [-0.1, -0.05) is 68.8 Å². The number of halogens is 1. The molecule has 0 radical (unpaired) electrons. The van der Waals surface area contributed by atoms with Crippen molar-refractivity contribution in [1.29, 1.82) is 0 Å². The number of thiazole rings is 1. The number of β-amino-alcohol motifs (C(OH)–C–C–N with tert-alkyl or cyclic N) is 1. The first-order valence-electron chi connectivity index (χ1n) is 23.3. The quantitative estimate of drug-likeness (QED) is 0.0905. The van der Waals surface area contributed by atoms with Gasteiger partial charge in [0.15, 0.2) is 5.82 Å². The number of nitrogens with zero attached hydrogens (tertiary/aromatic N) is 7. The van der Waals surface area contributed by atoms with Gasteiger partial charge < -0.3 is 35.0 Å². The van der Waals surface area contributed by atoms with Crippen LogP contribution < -0.4 is 10.6 Å². The Morgan fingerprint density at radius 1 is 0.942 bits per heavy atom. The topological polar surface area (TPSA) is 193 Å². The fourth-order valence-corrected chi connectivity index (χ4v) is 11.1. The highest BCUT2D eigenvalue weighted by Gasteiger charge is 2.45. The number of hydrogen-bond donors (Lipinski definition) is 3. The van der Waals surface area contributed by atoms with E-state index in [1.54, 1.807) is 27.6 Å². The molecule has 2 fully saturated rings. The van der Waals surface area contributed by atoms with Gasteiger partial charge >= 0.3 is 0 Å². The number of likely N-dealkylation sites (tertiary alicyclic amines) is 2. The maximum Gasteiger partial charge on any atom is 0.246 e. The maximum atomic E-state index is 14.1. The Kier molecular flexibility index (Phi) is 15.2. The van der Waals surface area contributed by atoms with Gasteiger partial charge in [0, 0.05) is 60.3 Å². The molecule has 3 aliphatic rings. The number of rotatable bonds is 16. The number of fused-ring (bicyclic) bond motifs is 3. The summed E-state index contributed by atoms with van der Waals surface area (Å²) in [7, 11) is 0. The van der Waals surface area contributed by atoms with Gasteiger partial charge in [-0.2, -0.15) is 0 Å². The Balaban J connectivity index is 0.782. The average Bonchev–Trinajstić information content (AvgIpc) is 4.06. The van der Waals surface area contributed by atoms with Crippen molar-refractivity contribution in [1.82, 2.24) is 40.2 Å². The molecule has 2 saturated heterocycles. The molecule has 4 amide bonds. The summed E-state index contributed by atoms with van der Waals surface area (Å²) in [6.45, 7) is 16.6. The number of carbonyl (C=O) groups excluding carboxylic acids is 4. The zero-order valence-electron chi connectivity index (χ0n) is 40.2. The van der Waals surface area contributed by atoms with E-state index in [0.717, 1.165) is 54.9 Å². The first kappa shape index (κ1) is 50.0. The van der Waals surface area contributed by atoms with Crippen molar-refractivity contribution in [2.75, 3.05) is 39.5 Å². The van der Waals surface area contributed by atoms with Gasteiger partial charge in [0.05, 0.1) is 46.5 Å². The van der Waals surface area contributed by atoms with Crippen LogP contribution in [0.1, 0.15) is 104 Å². The van der Waals surface area contributed by atoms with Crippen LogP contribution in [0.2, 0.25) is 5.02 Å². The molecule has 3 aromatic heterocycles. The van der Waals surface area contributed by atoms with E-state index in [0.29, 0.717) is 37.0 Å². The number of benzene rings is 2. The van der Waals surface area contributed by atoms with Crippen LogP contribution in [0.15, 0.2) is 59.0 Å². The molecule has 0 aliphatic carbocycles. The van der Waals surface area contributed by atoms with E-state index in [2.05, 4.69) is 39.7 Å². The maximum absolute atomic E-state index is 14.1. The van der Waals surface area contributed by atoms with Crippen molar-refractivity contribution < 1.29 is 33.8 Å². The molecule has 0 unspecified atom stereocenters. The van der Waals surface area contributed by atoms with E-state index in [9.17, 15) is 24.3 Å². The predicted octanol–water partition coefficient (Wildman–Crippen LogP) is 6.63. The number of carbonyl (C=O) groups is 4. The van der Waals surface area contributed by atoms with Crippen LogP contribution in [0.5, 0.6) is 0 Å². The third kappa shape index (κ3) is 11.0. The number of aryl methyl sites for hydroxylation is 3. The molecule has 3 N–H and O–H groups in total. The highest BCUT2D eigenvalue weighted by molar-refractivity contribution is 7.15. The van der Waals surface area contributed by atoms with E-state index in [4.69, 9.17) is 26.1 Å². The highest BCUT2D eigenvalue weighted by atomic mass is 35.5. The number of ether oxygens (including phenoxy) is 2. The molecule has 16 nitrogen and oxygen atoms in total. The predicted molar refractivity (Wildman–Crippen MR) is 266 cm³/mol.